The molecule has 0 aliphatic carbocycles. The molecule has 0 saturated carbocycles. The van der Waals surface area contributed by atoms with Gasteiger partial charge in [0.05, 0.1) is 6.20 Å². The number of carbonyl (C=O) groups excluding carboxylic acids is 1. The lowest BCUT2D eigenvalue weighted by atomic mass is 10.2. The molecule has 0 spiro atoms. The van der Waals surface area contributed by atoms with E-state index in [2.05, 4.69) is 15.3 Å². The lowest BCUT2D eigenvalue weighted by Crippen LogP contribution is -2.37. The minimum atomic E-state index is -0.447. The molecule has 98 valence electrons. The largest absolute Gasteiger partial charge is 0.471 e. The lowest BCUT2D eigenvalue weighted by molar-refractivity contribution is 0.0846. The molecule has 5 nitrogen and oxygen atoms in total. The maximum absolute atomic E-state index is 11.8. The van der Waals surface area contributed by atoms with Crippen molar-refractivity contribution in [2.45, 2.75) is 20.1 Å². The third-order valence-corrected chi connectivity index (χ3v) is 2.46. The van der Waals surface area contributed by atoms with Crippen molar-refractivity contribution < 1.29 is 9.53 Å². The summed E-state index contributed by atoms with van der Waals surface area (Å²) in [6.45, 7) is 3.76. The van der Waals surface area contributed by atoms with Gasteiger partial charge < -0.3 is 10.1 Å². The molecule has 0 saturated heterocycles. The summed E-state index contributed by atoms with van der Waals surface area (Å²) in [4.78, 5) is 19.6. The summed E-state index contributed by atoms with van der Waals surface area (Å²) in [5, 5.41) is 2.70. The average molecular weight is 257 g/mol. The molecule has 0 aliphatic heterocycles. The van der Waals surface area contributed by atoms with Crippen LogP contribution >= 0.6 is 0 Å². The maximum Gasteiger partial charge on any atom is 0.274 e. The Bertz CT molecular complexity index is 540. The van der Waals surface area contributed by atoms with E-state index in [-0.39, 0.29) is 11.6 Å². The fourth-order valence-electron chi connectivity index (χ4n) is 1.53. The van der Waals surface area contributed by atoms with Crippen LogP contribution in [0, 0.1) is 6.92 Å². The van der Waals surface area contributed by atoms with Crippen molar-refractivity contribution >= 4 is 5.91 Å². The molecule has 5 heteroatoms. The van der Waals surface area contributed by atoms with Gasteiger partial charge in [-0.05, 0) is 26.0 Å². The molecule has 2 aromatic rings. The van der Waals surface area contributed by atoms with Crippen molar-refractivity contribution in [3.63, 3.8) is 0 Å². The maximum atomic E-state index is 11.8. The van der Waals surface area contributed by atoms with Crippen LogP contribution < -0.4 is 10.1 Å². The van der Waals surface area contributed by atoms with Crippen LogP contribution in [0.3, 0.4) is 0 Å². The van der Waals surface area contributed by atoms with Gasteiger partial charge >= 0.3 is 0 Å². The first kappa shape index (κ1) is 13.0. The summed E-state index contributed by atoms with van der Waals surface area (Å²) in [5.41, 5.74) is 1.42. The van der Waals surface area contributed by atoms with E-state index >= 15 is 0 Å². The zero-order chi connectivity index (χ0) is 13.7. The third-order valence-electron chi connectivity index (χ3n) is 2.46. The molecule has 0 fully saturated rings. The number of nitrogens with one attached hydrogen (secondary N) is 1. The summed E-state index contributed by atoms with van der Waals surface area (Å²) in [6, 6.07) is 7.62. The molecule has 0 bridgehead atoms. The highest BCUT2D eigenvalue weighted by Crippen LogP contribution is 2.12. The zero-order valence-corrected chi connectivity index (χ0v) is 10.8. The topological polar surface area (TPSA) is 64.1 Å². The SMILES string of the molecule is Cc1ccc(OC(C)NC(=O)c2cnccn2)cc1. The predicted molar refractivity (Wildman–Crippen MR) is 70.8 cm³/mol. The van der Waals surface area contributed by atoms with Gasteiger partial charge in [0.1, 0.15) is 11.4 Å². The van der Waals surface area contributed by atoms with Crippen LogP contribution in [-0.2, 0) is 0 Å². The van der Waals surface area contributed by atoms with E-state index in [0.717, 1.165) is 5.56 Å². The number of rotatable bonds is 4. The summed E-state index contributed by atoms with van der Waals surface area (Å²) in [5.74, 6) is 0.394. The molecule has 0 aliphatic rings. The second kappa shape index (κ2) is 5.95. The van der Waals surface area contributed by atoms with Gasteiger partial charge in [0, 0.05) is 12.4 Å². The van der Waals surface area contributed by atoms with Crippen LogP contribution in [0.2, 0.25) is 0 Å². The molecular weight excluding hydrogens is 242 g/mol. The Morgan fingerprint density at radius 3 is 2.63 bits per heavy atom. The van der Waals surface area contributed by atoms with E-state index in [0.29, 0.717) is 5.75 Å². The van der Waals surface area contributed by atoms with Gasteiger partial charge in [-0.2, -0.15) is 0 Å². The molecule has 1 atom stereocenters. The molecule has 1 aromatic carbocycles. The Kier molecular flexibility index (Phi) is 4.07. The molecule has 19 heavy (non-hydrogen) atoms. The summed E-state index contributed by atoms with van der Waals surface area (Å²) >= 11 is 0. The van der Waals surface area contributed by atoms with E-state index in [4.69, 9.17) is 4.74 Å². The van der Waals surface area contributed by atoms with E-state index in [1.54, 1.807) is 6.92 Å². The van der Waals surface area contributed by atoms with Gasteiger partial charge in [-0.1, -0.05) is 17.7 Å². The highest BCUT2D eigenvalue weighted by Gasteiger charge is 2.11. The normalized spacial score (nSPS) is 11.7. The van der Waals surface area contributed by atoms with E-state index in [9.17, 15) is 4.79 Å². The summed E-state index contributed by atoms with van der Waals surface area (Å²) < 4.78 is 5.58. The predicted octanol–water partition coefficient (Wildman–Crippen LogP) is 1.94. The van der Waals surface area contributed by atoms with Crippen LogP contribution in [-0.4, -0.2) is 22.1 Å². The number of benzene rings is 1. The molecule has 1 heterocycles. The van der Waals surface area contributed by atoms with Crippen molar-refractivity contribution in [1.29, 1.82) is 0 Å². The van der Waals surface area contributed by atoms with Crippen LogP contribution in [0.1, 0.15) is 23.0 Å². The number of carbonyl (C=O) groups is 1. The molecule has 2 rings (SSSR count). The number of aromatic nitrogens is 2. The van der Waals surface area contributed by atoms with Crippen molar-refractivity contribution in [2.24, 2.45) is 0 Å². The molecule has 1 aromatic heterocycles. The van der Waals surface area contributed by atoms with Gasteiger partial charge in [-0.15, -0.1) is 0 Å². The van der Waals surface area contributed by atoms with E-state index < -0.39 is 6.23 Å². The molecule has 0 radical (unpaired) electrons. The Morgan fingerprint density at radius 2 is 2.00 bits per heavy atom. The van der Waals surface area contributed by atoms with Crippen molar-refractivity contribution in [3.05, 3.63) is 54.1 Å². The molecule has 1 N–H and O–H groups in total. The first-order valence-electron chi connectivity index (χ1n) is 5.95. The quantitative estimate of drug-likeness (QED) is 0.850. The van der Waals surface area contributed by atoms with E-state index in [1.807, 2.05) is 31.2 Å². The van der Waals surface area contributed by atoms with Gasteiger partial charge in [-0.25, -0.2) is 4.98 Å². The molecular formula is C14H15N3O2. The fraction of sp³-hybridized carbons (Fsp3) is 0.214. The number of aryl methyl sites for hydroxylation is 1. The van der Waals surface area contributed by atoms with Crippen LogP contribution in [0.5, 0.6) is 5.75 Å². The third kappa shape index (κ3) is 3.77. The minimum absolute atomic E-state index is 0.266. The smallest absolute Gasteiger partial charge is 0.274 e. The second-order valence-corrected chi connectivity index (χ2v) is 4.14. The first-order chi connectivity index (χ1) is 9.15. The molecule has 1 amide bonds. The van der Waals surface area contributed by atoms with Gasteiger partial charge in [0.25, 0.3) is 5.91 Å². The van der Waals surface area contributed by atoms with Gasteiger partial charge in [-0.3, -0.25) is 9.78 Å². The van der Waals surface area contributed by atoms with Crippen LogP contribution in [0.25, 0.3) is 0 Å². The molecule has 1 unspecified atom stereocenters. The van der Waals surface area contributed by atoms with Crippen LogP contribution in [0.15, 0.2) is 42.9 Å². The van der Waals surface area contributed by atoms with E-state index in [1.165, 1.54) is 18.6 Å². The number of nitrogens with zero attached hydrogens (tertiary/aromatic N) is 2. The average Bonchev–Trinajstić information content (AvgIpc) is 2.42. The fourth-order valence-corrected chi connectivity index (χ4v) is 1.53. The number of ether oxygens (including phenoxy) is 1. The number of hydrogen-bond donors (Lipinski definition) is 1. The monoisotopic (exact) mass is 257 g/mol. The zero-order valence-electron chi connectivity index (χ0n) is 10.8. The highest BCUT2D eigenvalue weighted by atomic mass is 16.5. The Morgan fingerprint density at radius 1 is 1.26 bits per heavy atom. The Labute approximate surface area is 111 Å². The Hall–Kier alpha value is -2.43. The van der Waals surface area contributed by atoms with Gasteiger partial charge in [0.2, 0.25) is 0 Å². The minimum Gasteiger partial charge on any atom is -0.471 e. The number of hydrogen-bond acceptors (Lipinski definition) is 4. The Balaban J connectivity index is 1.92. The number of amides is 1. The second-order valence-electron chi connectivity index (χ2n) is 4.14. The highest BCUT2D eigenvalue weighted by molar-refractivity contribution is 5.91. The van der Waals surface area contributed by atoms with Crippen molar-refractivity contribution in [3.8, 4) is 5.75 Å². The van der Waals surface area contributed by atoms with Crippen LogP contribution in [0.4, 0.5) is 0 Å². The standard InChI is InChI=1S/C14H15N3O2/c1-10-3-5-12(6-4-10)19-11(2)17-14(18)13-9-15-7-8-16-13/h3-9,11H,1-2H3,(H,17,18). The first-order valence-corrected chi connectivity index (χ1v) is 5.95. The van der Waals surface area contributed by atoms with Crippen molar-refractivity contribution in [2.75, 3.05) is 0 Å². The lowest BCUT2D eigenvalue weighted by Gasteiger charge is -2.16. The summed E-state index contributed by atoms with van der Waals surface area (Å²) in [6.07, 6.45) is 3.95. The van der Waals surface area contributed by atoms with Gasteiger partial charge in [0.15, 0.2) is 6.23 Å². The summed E-state index contributed by atoms with van der Waals surface area (Å²) in [7, 11) is 0. The van der Waals surface area contributed by atoms with Crippen molar-refractivity contribution in [1.82, 2.24) is 15.3 Å².